The number of thioether (sulfide) groups is 1. The lowest BCUT2D eigenvalue weighted by molar-refractivity contribution is -0.133. The maximum atomic E-state index is 11.8. The van der Waals surface area contributed by atoms with Gasteiger partial charge in [-0.15, -0.1) is 11.8 Å². The molecule has 0 N–H and O–H groups in total. The number of ether oxygens (including phenoxy) is 1. The Balaban J connectivity index is 1.80. The summed E-state index contributed by atoms with van der Waals surface area (Å²) >= 11 is 1.64. The molecule has 0 aromatic heterocycles. The first kappa shape index (κ1) is 16.1. The minimum absolute atomic E-state index is 0.263. The van der Waals surface area contributed by atoms with Crippen molar-refractivity contribution in [3.8, 4) is 11.8 Å². The summed E-state index contributed by atoms with van der Waals surface area (Å²) in [6.45, 7) is 4.16. The molecule has 0 fully saturated rings. The summed E-state index contributed by atoms with van der Waals surface area (Å²) in [5.41, 5.74) is 3.07. The van der Waals surface area contributed by atoms with Gasteiger partial charge < -0.3 is 4.74 Å². The SMILES string of the molecule is Cc1ccc(SCCC(=O)Oc2ccc(C#N)cc2)cc1C. The molecule has 2 rings (SSSR count). The van der Waals surface area contributed by atoms with E-state index < -0.39 is 0 Å². The average Bonchev–Trinajstić information content (AvgIpc) is 2.51. The number of hydrogen-bond donors (Lipinski definition) is 0. The maximum Gasteiger partial charge on any atom is 0.312 e. The maximum absolute atomic E-state index is 11.8. The van der Waals surface area contributed by atoms with E-state index in [-0.39, 0.29) is 5.97 Å². The van der Waals surface area contributed by atoms with E-state index in [9.17, 15) is 4.79 Å². The molecule has 0 atom stereocenters. The first-order valence-electron chi connectivity index (χ1n) is 6.99. The summed E-state index contributed by atoms with van der Waals surface area (Å²) < 4.78 is 5.23. The molecule has 0 bridgehead atoms. The van der Waals surface area contributed by atoms with Crippen LogP contribution in [0.4, 0.5) is 0 Å². The fraction of sp³-hybridized carbons (Fsp3) is 0.222. The number of esters is 1. The molecule has 0 radical (unpaired) electrons. The van der Waals surface area contributed by atoms with E-state index in [2.05, 4.69) is 32.0 Å². The van der Waals surface area contributed by atoms with Crippen molar-refractivity contribution in [1.29, 1.82) is 5.26 Å². The topological polar surface area (TPSA) is 50.1 Å². The van der Waals surface area contributed by atoms with Crippen LogP contribution in [0.2, 0.25) is 0 Å². The van der Waals surface area contributed by atoms with Crippen LogP contribution in [0.3, 0.4) is 0 Å². The van der Waals surface area contributed by atoms with Crippen molar-refractivity contribution < 1.29 is 9.53 Å². The Kier molecular flexibility index (Phi) is 5.62. The average molecular weight is 311 g/mol. The van der Waals surface area contributed by atoms with Crippen LogP contribution in [0.5, 0.6) is 5.75 Å². The highest BCUT2D eigenvalue weighted by molar-refractivity contribution is 7.99. The van der Waals surface area contributed by atoms with E-state index in [0.29, 0.717) is 23.5 Å². The van der Waals surface area contributed by atoms with Crippen LogP contribution in [0.25, 0.3) is 0 Å². The Bertz CT molecular complexity index is 702. The minimum atomic E-state index is -0.263. The Morgan fingerprint density at radius 3 is 2.50 bits per heavy atom. The van der Waals surface area contributed by atoms with E-state index in [1.165, 1.54) is 11.1 Å². The molecule has 0 saturated carbocycles. The van der Waals surface area contributed by atoms with Gasteiger partial charge >= 0.3 is 5.97 Å². The van der Waals surface area contributed by atoms with Gasteiger partial charge in [0, 0.05) is 10.6 Å². The molecule has 0 spiro atoms. The number of carbonyl (C=O) groups is 1. The number of rotatable bonds is 5. The minimum Gasteiger partial charge on any atom is -0.427 e. The summed E-state index contributed by atoms with van der Waals surface area (Å²) in [6, 6.07) is 14.8. The van der Waals surface area contributed by atoms with Crippen LogP contribution in [0, 0.1) is 25.2 Å². The predicted octanol–water partition coefficient (Wildman–Crippen LogP) is 4.26. The molecule has 22 heavy (non-hydrogen) atoms. The van der Waals surface area contributed by atoms with Gasteiger partial charge in [-0.05, 0) is 61.4 Å². The standard InChI is InChI=1S/C18H17NO2S/c1-13-3-8-17(11-14(13)2)22-10-9-18(20)21-16-6-4-15(12-19)5-7-16/h3-8,11H,9-10H2,1-2H3. The fourth-order valence-electron chi connectivity index (χ4n) is 1.84. The van der Waals surface area contributed by atoms with E-state index in [1.807, 2.05) is 6.07 Å². The van der Waals surface area contributed by atoms with E-state index in [0.717, 1.165) is 4.90 Å². The van der Waals surface area contributed by atoms with Crippen molar-refractivity contribution in [2.45, 2.75) is 25.2 Å². The van der Waals surface area contributed by atoms with Crippen molar-refractivity contribution in [3.05, 3.63) is 59.2 Å². The van der Waals surface area contributed by atoms with Crippen molar-refractivity contribution in [1.82, 2.24) is 0 Å². The second kappa shape index (κ2) is 7.67. The lowest BCUT2D eigenvalue weighted by Gasteiger charge is -2.06. The van der Waals surface area contributed by atoms with Crippen LogP contribution in [0.15, 0.2) is 47.4 Å². The van der Waals surface area contributed by atoms with Gasteiger partial charge in [0.2, 0.25) is 0 Å². The smallest absolute Gasteiger partial charge is 0.312 e. The monoisotopic (exact) mass is 311 g/mol. The second-order valence-electron chi connectivity index (χ2n) is 4.95. The highest BCUT2D eigenvalue weighted by Gasteiger charge is 2.06. The van der Waals surface area contributed by atoms with Gasteiger partial charge in [0.25, 0.3) is 0 Å². The zero-order valence-corrected chi connectivity index (χ0v) is 13.4. The number of nitrogens with zero attached hydrogens (tertiary/aromatic N) is 1. The normalized spacial score (nSPS) is 10.0. The van der Waals surface area contributed by atoms with Gasteiger partial charge in [-0.3, -0.25) is 4.79 Å². The third-order valence-electron chi connectivity index (χ3n) is 3.27. The lowest BCUT2D eigenvalue weighted by atomic mass is 10.1. The van der Waals surface area contributed by atoms with Gasteiger partial charge in [-0.25, -0.2) is 0 Å². The molecule has 0 aliphatic rings. The number of carbonyl (C=O) groups excluding carboxylic acids is 1. The number of hydrogen-bond acceptors (Lipinski definition) is 4. The Hall–Kier alpha value is -2.25. The first-order chi connectivity index (χ1) is 10.6. The van der Waals surface area contributed by atoms with Gasteiger partial charge in [0.15, 0.2) is 0 Å². The third-order valence-corrected chi connectivity index (χ3v) is 4.26. The number of benzene rings is 2. The molecule has 0 aliphatic heterocycles. The van der Waals surface area contributed by atoms with Gasteiger partial charge in [-0.1, -0.05) is 6.07 Å². The van der Waals surface area contributed by atoms with Gasteiger partial charge in [0.05, 0.1) is 18.1 Å². The van der Waals surface area contributed by atoms with Crippen LogP contribution in [0.1, 0.15) is 23.1 Å². The molecule has 0 aliphatic carbocycles. The summed E-state index contributed by atoms with van der Waals surface area (Å²) in [4.78, 5) is 12.9. The van der Waals surface area contributed by atoms with Crippen LogP contribution < -0.4 is 4.74 Å². The zero-order valence-electron chi connectivity index (χ0n) is 12.6. The quantitative estimate of drug-likeness (QED) is 0.470. The van der Waals surface area contributed by atoms with E-state index in [4.69, 9.17) is 10.00 Å². The molecular formula is C18H17NO2S. The molecular weight excluding hydrogens is 294 g/mol. The van der Waals surface area contributed by atoms with Gasteiger partial charge in [0.1, 0.15) is 5.75 Å². The molecule has 112 valence electrons. The van der Waals surface area contributed by atoms with Crippen LogP contribution >= 0.6 is 11.8 Å². The Labute approximate surface area is 134 Å². The fourth-order valence-corrected chi connectivity index (χ4v) is 2.76. The Morgan fingerprint density at radius 1 is 1.14 bits per heavy atom. The largest absolute Gasteiger partial charge is 0.427 e. The highest BCUT2D eigenvalue weighted by atomic mass is 32.2. The van der Waals surface area contributed by atoms with Crippen molar-refractivity contribution in [2.75, 3.05) is 5.75 Å². The summed E-state index contributed by atoms with van der Waals surface area (Å²) in [5, 5.41) is 8.71. The molecule has 4 heteroatoms. The first-order valence-corrected chi connectivity index (χ1v) is 7.98. The molecule has 0 unspecified atom stereocenters. The molecule has 0 saturated heterocycles. The number of aryl methyl sites for hydroxylation is 2. The number of nitriles is 1. The molecule has 3 nitrogen and oxygen atoms in total. The van der Waals surface area contributed by atoms with Crippen LogP contribution in [-0.2, 0) is 4.79 Å². The summed E-state index contributed by atoms with van der Waals surface area (Å²) in [5.74, 6) is 0.888. The molecule has 2 aromatic carbocycles. The third kappa shape index (κ3) is 4.64. The van der Waals surface area contributed by atoms with Gasteiger partial charge in [-0.2, -0.15) is 5.26 Å². The second-order valence-corrected chi connectivity index (χ2v) is 6.12. The molecule has 0 amide bonds. The van der Waals surface area contributed by atoms with Crippen molar-refractivity contribution >= 4 is 17.7 Å². The lowest BCUT2D eigenvalue weighted by Crippen LogP contribution is -2.08. The molecule has 0 heterocycles. The summed E-state index contributed by atoms with van der Waals surface area (Å²) in [7, 11) is 0. The zero-order chi connectivity index (χ0) is 15.9. The van der Waals surface area contributed by atoms with Crippen molar-refractivity contribution in [3.63, 3.8) is 0 Å². The Morgan fingerprint density at radius 2 is 1.86 bits per heavy atom. The predicted molar refractivity (Wildman–Crippen MR) is 88.0 cm³/mol. The van der Waals surface area contributed by atoms with E-state index in [1.54, 1.807) is 36.0 Å². The van der Waals surface area contributed by atoms with Crippen molar-refractivity contribution in [2.24, 2.45) is 0 Å². The molecule has 2 aromatic rings. The highest BCUT2D eigenvalue weighted by Crippen LogP contribution is 2.22. The van der Waals surface area contributed by atoms with E-state index >= 15 is 0 Å². The summed E-state index contributed by atoms with van der Waals surface area (Å²) in [6.07, 6.45) is 0.345. The van der Waals surface area contributed by atoms with Crippen LogP contribution in [-0.4, -0.2) is 11.7 Å².